The molecule has 28 heavy (non-hydrogen) atoms. The molecule has 3 rings (SSSR count). The average Bonchev–Trinajstić information content (AvgIpc) is 3.11. The number of amides is 1. The Morgan fingerprint density at radius 1 is 1.07 bits per heavy atom. The molecule has 0 aliphatic rings. The lowest BCUT2D eigenvalue weighted by molar-refractivity contribution is -0.116. The van der Waals surface area contributed by atoms with Gasteiger partial charge in [-0.2, -0.15) is 4.31 Å². The fraction of sp³-hybridized carbons (Fsp3) is 0.211. The van der Waals surface area contributed by atoms with E-state index in [1.165, 1.54) is 36.1 Å². The highest BCUT2D eigenvalue weighted by molar-refractivity contribution is 7.89. The minimum atomic E-state index is -3.73. The molecule has 0 aliphatic carbocycles. The third-order valence-electron chi connectivity index (χ3n) is 4.01. The van der Waals surface area contributed by atoms with Crippen LogP contribution in [0.4, 0.5) is 5.13 Å². The zero-order valence-corrected chi connectivity index (χ0v) is 17.1. The summed E-state index contributed by atoms with van der Waals surface area (Å²) in [4.78, 5) is 12.4. The third-order valence-corrected chi connectivity index (χ3v) is 6.66. The van der Waals surface area contributed by atoms with Gasteiger partial charge in [0.1, 0.15) is 5.01 Å². The normalized spacial score (nSPS) is 11.5. The van der Waals surface area contributed by atoms with Gasteiger partial charge in [-0.3, -0.25) is 10.1 Å². The van der Waals surface area contributed by atoms with Crippen molar-refractivity contribution in [3.8, 4) is 0 Å². The van der Waals surface area contributed by atoms with Gasteiger partial charge in [-0.15, -0.1) is 10.2 Å². The van der Waals surface area contributed by atoms with Crippen molar-refractivity contribution in [1.82, 2.24) is 14.5 Å². The van der Waals surface area contributed by atoms with Crippen LogP contribution in [0.5, 0.6) is 0 Å². The summed E-state index contributed by atoms with van der Waals surface area (Å²) in [6.45, 7) is 1.71. The maximum atomic E-state index is 12.5. The third kappa shape index (κ3) is 5.00. The van der Waals surface area contributed by atoms with Crippen LogP contribution in [0.2, 0.25) is 0 Å². The number of carbonyl (C=O) groups excluding carboxylic acids is 1. The number of aromatic nitrogens is 2. The number of rotatable bonds is 7. The molecule has 0 bridgehead atoms. The van der Waals surface area contributed by atoms with Gasteiger partial charge in [0.2, 0.25) is 21.1 Å². The first-order valence-electron chi connectivity index (χ1n) is 8.54. The Morgan fingerprint density at radius 2 is 1.75 bits per heavy atom. The fourth-order valence-electron chi connectivity index (χ4n) is 2.47. The predicted octanol–water partition coefficient (Wildman–Crippen LogP) is 2.70. The van der Waals surface area contributed by atoms with Gasteiger partial charge in [0.25, 0.3) is 0 Å². The van der Waals surface area contributed by atoms with Crippen molar-refractivity contribution in [2.75, 3.05) is 18.9 Å². The van der Waals surface area contributed by atoms with Crippen molar-refractivity contribution < 1.29 is 13.2 Å². The van der Waals surface area contributed by atoms with Crippen molar-refractivity contribution in [3.05, 3.63) is 70.7 Å². The molecule has 7 nitrogen and oxygen atoms in total. The second-order valence-corrected chi connectivity index (χ2v) is 9.39. The summed E-state index contributed by atoms with van der Waals surface area (Å²) in [6, 6.07) is 16.1. The molecule has 9 heteroatoms. The highest BCUT2D eigenvalue weighted by atomic mass is 32.2. The van der Waals surface area contributed by atoms with Crippen molar-refractivity contribution in [2.24, 2.45) is 0 Å². The first-order chi connectivity index (χ1) is 13.3. The fourth-order valence-corrected chi connectivity index (χ4v) is 4.41. The molecular formula is C19H20N4O3S2. The van der Waals surface area contributed by atoms with E-state index in [1.807, 2.05) is 31.2 Å². The Bertz CT molecular complexity index is 1050. The first kappa shape index (κ1) is 20.1. The van der Waals surface area contributed by atoms with E-state index >= 15 is 0 Å². The highest BCUT2D eigenvalue weighted by Gasteiger charge is 2.23. The molecule has 146 valence electrons. The number of anilines is 1. The molecule has 2 aromatic carbocycles. The van der Waals surface area contributed by atoms with Gasteiger partial charge in [0, 0.05) is 13.5 Å². The van der Waals surface area contributed by atoms with E-state index in [1.54, 1.807) is 18.2 Å². The number of benzene rings is 2. The second-order valence-electron chi connectivity index (χ2n) is 6.29. The van der Waals surface area contributed by atoms with E-state index in [-0.39, 0.29) is 11.4 Å². The SMILES string of the molecule is Cc1ccc(Cc2nnc(NC(=O)CN(C)S(=O)(=O)c3ccccc3)s2)cc1. The summed E-state index contributed by atoms with van der Waals surface area (Å²) < 4.78 is 25.9. The molecule has 0 fully saturated rings. The van der Waals surface area contributed by atoms with Gasteiger partial charge >= 0.3 is 0 Å². The van der Waals surface area contributed by atoms with Crippen molar-refractivity contribution in [3.63, 3.8) is 0 Å². The zero-order valence-electron chi connectivity index (χ0n) is 15.5. The molecule has 1 heterocycles. The van der Waals surface area contributed by atoms with Crippen molar-refractivity contribution in [1.29, 1.82) is 0 Å². The second kappa shape index (κ2) is 8.59. The van der Waals surface area contributed by atoms with Crippen LogP contribution in [0.3, 0.4) is 0 Å². The Hall–Kier alpha value is -2.62. The molecule has 1 N–H and O–H groups in total. The van der Waals surface area contributed by atoms with E-state index in [0.717, 1.165) is 14.9 Å². The number of carbonyl (C=O) groups is 1. The molecular weight excluding hydrogens is 396 g/mol. The Kier molecular flexibility index (Phi) is 6.18. The van der Waals surface area contributed by atoms with E-state index in [4.69, 9.17) is 0 Å². The lowest BCUT2D eigenvalue weighted by atomic mass is 10.1. The van der Waals surface area contributed by atoms with E-state index in [0.29, 0.717) is 11.6 Å². The van der Waals surface area contributed by atoms with Gasteiger partial charge in [0.05, 0.1) is 11.4 Å². The Labute approximate surface area is 168 Å². The van der Waals surface area contributed by atoms with Crippen LogP contribution in [0, 0.1) is 6.92 Å². The predicted molar refractivity (Wildman–Crippen MR) is 109 cm³/mol. The topological polar surface area (TPSA) is 92.3 Å². The van der Waals surface area contributed by atoms with Gasteiger partial charge in [0.15, 0.2) is 0 Å². The summed E-state index contributed by atoms with van der Waals surface area (Å²) in [7, 11) is -2.36. The van der Waals surface area contributed by atoms with E-state index in [9.17, 15) is 13.2 Å². The molecule has 0 unspecified atom stereocenters. The van der Waals surface area contributed by atoms with Gasteiger partial charge in [-0.1, -0.05) is 59.4 Å². The number of aryl methyl sites for hydroxylation is 1. The van der Waals surface area contributed by atoms with Crippen LogP contribution in [-0.2, 0) is 21.2 Å². The van der Waals surface area contributed by atoms with Crippen molar-refractivity contribution >= 4 is 32.4 Å². The Balaban J connectivity index is 1.59. The zero-order chi connectivity index (χ0) is 20.1. The number of nitrogens with zero attached hydrogens (tertiary/aromatic N) is 3. The summed E-state index contributed by atoms with van der Waals surface area (Å²) in [5, 5.41) is 11.8. The van der Waals surface area contributed by atoms with Crippen LogP contribution in [-0.4, -0.2) is 42.4 Å². The van der Waals surface area contributed by atoms with Gasteiger partial charge in [-0.05, 0) is 24.6 Å². The summed E-state index contributed by atoms with van der Waals surface area (Å²) in [5.41, 5.74) is 2.29. The highest BCUT2D eigenvalue weighted by Crippen LogP contribution is 2.19. The molecule has 1 aromatic heterocycles. The maximum absolute atomic E-state index is 12.5. The van der Waals surface area contributed by atoms with Crippen LogP contribution < -0.4 is 5.32 Å². The lowest BCUT2D eigenvalue weighted by Crippen LogP contribution is -2.34. The van der Waals surface area contributed by atoms with E-state index < -0.39 is 15.9 Å². The standard InChI is InChI=1S/C19H20N4O3S2/c1-14-8-10-15(11-9-14)12-18-21-22-19(27-18)20-17(24)13-23(2)28(25,26)16-6-4-3-5-7-16/h3-11H,12-13H2,1-2H3,(H,20,22,24). The van der Waals surface area contributed by atoms with Crippen LogP contribution in [0.25, 0.3) is 0 Å². The summed E-state index contributed by atoms with van der Waals surface area (Å²) in [6.07, 6.45) is 0.621. The van der Waals surface area contributed by atoms with Crippen LogP contribution >= 0.6 is 11.3 Å². The number of nitrogens with one attached hydrogen (secondary N) is 1. The number of likely N-dealkylation sites (N-methyl/N-ethyl adjacent to an activating group) is 1. The Morgan fingerprint density at radius 3 is 2.43 bits per heavy atom. The average molecular weight is 417 g/mol. The number of sulfonamides is 1. The number of hydrogen-bond acceptors (Lipinski definition) is 6. The molecule has 3 aromatic rings. The summed E-state index contributed by atoms with van der Waals surface area (Å²) >= 11 is 1.27. The molecule has 0 saturated heterocycles. The summed E-state index contributed by atoms with van der Waals surface area (Å²) in [5.74, 6) is -0.472. The number of hydrogen-bond donors (Lipinski definition) is 1. The molecule has 0 atom stereocenters. The minimum absolute atomic E-state index is 0.140. The van der Waals surface area contributed by atoms with Crippen molar-refractivity contribution in [2.45, 2.75) is 18.2 Å². The lowest BCUT2D eigenvalue weighted by Gasteiger charge is -2.16. The van der Waals surface area contributed by atoms with Gasteiger partial charge < -0.3 is 0 Å². The molecule has 0 spiro atoms. The minimum Gasteiger partial charge on any atom is -0.299 e. The molecule has 0 saturated carbocycles. The maximum Gasteiger partial charge on any atom is 0.243 e. The first-order valence-corrected chi connectivity index (χ1v) is 10.8. The smallest absolute Gasteiger partial charge is 0.243 e. The van der Waals surface area contributed by atoms with Gasteiger partial charge in [-0.25, -0.2) is 8.42 Å². The molecule has 0 aliphatic heterocycles. The van der Waals surface area contributed by atoms with Crippen LogP contribution in [0.15, 0.2) is 59.5 Å². The quantitative estimate of drug-likeness (QED) is 0.639. The van der Waals surface area contributed by atoms with E-state index in [2.05, 4.69) is 15.5 Å². The largest absolute Gasteiger partial charge is 0.299 e. The molecule has 1 amide bonds. The van der Waals surface area contributed by atoms with Crippen LogP contribution in [0.1, 0.15) is 16.1 Å². The monoisotopic (exact) mass is 416 g/mol. The molecule has 0 radical (unpaired) electrons.